The molecule has 0 amide bonds. The van der Waals surface area contributed by atoms with Crippen LogP contribution in [0.3, 0.4) is 0 Å². The van der Waals surface area contributed by atoms with Crippen LogP contribution in [0.5, 0.6) is 0 Å². The van der Waals surface area contributed by atoms with Gasteiger partial charge in [-0.05, 0) is 26.3 Å². The maximum atomic E-state index is 11.1. The lowest BCUT2D eigenvalue weighted by Crippen LogP contribution is -2.56. The molecule has 0 spiro atoms. The summed E-state index contributed by atoms with van der Waals surface area (Å²) in [5.41, 5.74) is -0.578. The highest BCUT2D eigenvalue weighted by Gasteiger charge is 2.47. The van der Waals surface area contributed by atoms with E-state index >= 15 is 0 Å². The Hall–Kier alpha value is -0.220. The first-order chi connectivity index (χ1) is 6.14. The molecule has 0 aromatic rings. The van der Waals surface area contributed by atoms with E-state index in [0.29, 0.717) is 6.04 Å². The van der Waals surface area contributed by atoms with Crippen molar-refractivity contribution in [3.8, 4) is 0 Å². The van der Waals surface area contributed by atoms with Crippen molar-refractivity contribution in [1.82, 2.24) is 4.90 Å². The molecule has 74 valence electrons. The highest BCUT2D eigenvalue weighted by molar-refractivity contribution is 8.00. The third-order valence-electron chi connectivity index (χ3n) is 3.22. The van der Waals surface area contributed by atoms with Crippen LogP contribution in [0.2, 0.25) is 0 Å². The summed E-state index contributed by atoms with van der Waals surface area (Å²) in [4.78, 5) is 13.3. The number of aliphatic carboxylic acids is 1. The third kappa shape index (κ3) is 1.36. The van der Waals surface area contributed by atoms with Gasteiger partial charge in [-0.2, -0.15) is 11.8 Å². The molecule has 2 fully saturated rings. The Kier molecular flexibility index (Phi) is 2.28. The van der Waals surface area contributed by atoms with Crippen LogP contribution in [0.25, 0.3) is 0 Å². The maximum Gasteiger partial charge on any atom is 0.323 e. The van der Waals surface area contributed by atoms with Gasteiger partial charge in [-0.3, -0.25) is 9.69 Å². The first kappa shape index (κ1) is 9.34. The topological polar surface area (TPSA) is 40.5 Å². The smallest absolute Gasteiger partial charge is 0.323 e. The fourth-order valence-corrected chi connectivity index (χ4v) is 3.01. The molecule has 0 radical (unpaired) electrons. The largest absolute Gasteiger partial charge is 0.480 e. The maximum absolute atomic E-state index is 11.1. The van der Waals surface area contributed by atoms with Crippen molar-refractivity contribution >= 4 is 17.7 Å². The van der Waals surface area contributed by atoms with E-state index in [1.165, 1.54) is 0 Å². The van der Waals surface area contributed by atoms with Crippen LogP contribution in [-0.2, 0) is 4.79 Å². The van der Waals surface area contributed by atoms with Crippen molar-refractivity contribution in [1.29, 1.82) is 0 Å². The lowest BCUT2D eigenvalue weighted by Gasteiger charge is -2.41. The van der Waals surface area contributed by atoms with Crippen molar-refractivity contribution in [3.05, 3.63) is 0 Å². The number of likely N-dealkylation sites (tertiary alicyclic amines) is 1. The molecule has 2 aliphatic heterocycles. The number of hydrogen-bond acceptors (Lipinski definition) is 3. The van der Waals surface area contributed by atoms with Gasteiger partial charge in [0.1, 0.15) is 5.54 Å². The minimum Gasteiger partial charge on any atom is -0.480 e. The lowest BCUT2D eigenvalue weighted by atomic mass is 9.98. The molecule has 13 heavy (non-hydrogen) atoms. The standard InChI is InChI=1S/C9H15NO2S/c1-9(8(11)12)3-2-4-10(9)7-5-13-6-7/h7H,2-6H2,1H3,(H,11,12). The van der Waals surface area contributed by atoms with Crippen LogP contribution in [0, 0.1) is 0 Å². The van der Waals surface area contributed by atoms with E-state index in [-0.39, 0.29) is 0 Å². The van der Waals surface area contributed by atoms with E-state index in [0.717, 1.165) is 30.9 Å². The predicted octanol–water partition coefficient (Wildman–Crippen LogP) is 1.04. The number of carbonyl (C=O) groups is 1. The van der Waals surface area contributed by atoms with Crippen molar-refractivity contribution in [2.45, 2.75) is 31.3 Å². The minimum absolute atomic E-state index is 0.522. The number of thioether (sulfide) groups is 1. The normalized spacial score (nSPS) is 36.1. The molecule has 2 saturated heterocycles. The highest BCUT2D eigenvalue weighted by atomic mass is 32.2. The van der Waals surface area contributed by atoms with Crippen LogP contribution in [0.1, 0.15) is 19.8 Å². The second kappa shape index (κ2) is 3.17. The van der Waals surface area contributed by atoms with E-state index in [9.17, 15) is 4.79 Å². The third-order valence-corrected chi connectivity index (χ3v) is 4.46. The number of carboxylic acid groups (broad SMARTS) is 1. The van der Waals surface area contributed by atoms with Crippen LogP contribution in [0.4, 0.5) is 0 Å². The Bertz CT molecular complexity index is 230. The van der Waals surface area contributed by atoms with Gasteiger partial charge < -0.3 is 5.11 Å². The van der Waals surface area contributed by atoms with Gasteiger partial charge in [-0.25, -0.2) is 0 Å². The number of nitrogens with zero attached hydrogens (tertiary/aromatic N) is 1. The molecular weight excluding hydrogens is 186 g/mol. The lowest BCUT2D eigenvalue weighted by molar-refractivity contribution is -0.149. The zero-order valence-electron chi connectivity index (χ0n) is 7.82. The molecular formula is C9H15NO2S. The molecule has 3 nitrogen and oxygen atoms in total. The van der Waals surface area contributed by atoms with Crippen LogP contribution >= 0.6 is 11.8 Å². The van der Waals surface area contributed by atoms with Crippen LogP contribution < -0.4 is 0 Å². The summed E-state index contributed by atoms with van der Waals surface area (Å²) in [5.74, 6) is 1.58. The molecule has 0 aliphatic carbocycles. The Morgan fingerprint density at radius 3 is 2.77 bits per heavy atom. The average molecular weight is 201 g/mol. The molecule has 0 bridgehead atoms. The first-order valence-electron chi connectivity index (χ1n) is 4.72. The van der Waals surface area contributed by atoms with E-state index in [4.69, 9.17) is 5.11 Å². The summed E-state index contributed by atoms with van der Waals surface area (Å²) < 4.78 is 0. The van der Waals surface area contributed by atoms with Gasteiger partial charge in [-0.1, -0.05) is 0 Å². The molecule has 1 unspecified atom stereocenters. The Labute approximate surface area is 82.5 Å². The molecule has 2 aliphatic rings. The van der Waals surface area contributed by atoms with Crippen molar-refractivity contribution < 1.29 is 9.90 Å². The van der Waals surface area contributed by atoms with E-state index in [1.54, 1.807) is 0 Å². The fourth-order valence-electron chi connectivity index (χ4n) is 2.20. The van der Waals surface area contributed by atoms with Crippen molar-refractivity contribution in [2.24, 2.45) is 0 Å². The minimum atomic E-state index is -0.651. The van der Waals surface area contributed by atoms with Gasteiger partial charge in [0.05, 0.1) is 0 Å². The van der Waals surface area contributed by atoms with Gasteiger partial charge in [0.15, 0.2) is 0 Å². The average Bonchev–Trinajstić information content (AvgIpc) is 2.31. The zero-order chi connectivity index (χ0) is 9.47. The van der Waals surface area contributed by atoms with Gasteiger partial charge in [0, 0.05) is 17.5 Å². The van der Waals surface area contributed by atoms with E-state index in [2.05, 4.69) is 4.90 Å². The monoisotopic (exact) mass is 201 g/mol. The summed E-state index contributed by atoms with van der Waals surface area (Å²) >= 11 is 1.91. The molecule has 0 aromatic carbocycles. The van der Waals surface area contributed by atoms with Crippen molar-refractivity contribution in [3.63, 3.8) is 0 Å². The van der Waals surface area contributed by atoms with Crippen molar-refractivity contribution in [2.75, 3.05) is 18.1 Å². The van der Waals surface area contributed by atoms with Crippen LogP contribution in [0.15, 0.2) is 0 Å². The Morgan fingerprint density at radius 2 is 2.31 bits per heavy atom. The second-order valence-electron chi connectivity index (χ2n) is 4.07. The first-order valence-corrected chi connectivity index (χ1v) is 5.88. The van der Waals surface area contributed by atoms with E-state index in [1.807, 2.05) is 18.7 Å². The van der Waals surface area contributed by atoms with Gasteiger partial charge in [0.2, 0.25) is 0 Å². The zero-order valence-corrected chi connectivity index (χ0v) is 8.64. The quantitative estimate of drug-likeness (QED) is 0.724. The summed E-state index contributed by atoms with van der Waals surface area (Å²) in [6.45, 7) is 2.83. The fraction of sp³-hybridized carbons (Fsp3) is 0.889. The summed E-state index contributed by atoms with van der Waals surface area (Å²) in [6, 6.07) is 0.522. The Balaban J connectivity index is 2.12. The molecule has 1 N–H and O–H groups in total. The number of rotatable bonds is 2. The summed E-state index contributed by atoms with van der Waals surface area (Å²) in [7, 11) is 0. The molecule has 4 heteroatoms. The predicted molar refractivity (Wildman–Crippen MR) is 53.1 cm³/mol. The van der Waals surface area contributed by atoms with Gasteiger partial charge in [-0.15, -0.1) is 0 Å². The SMILES string of the molecule is CC1(C(=O)O)CCCN1C1CSC1. The van der Waals surface area contributed by atoms with Crippen LogP contribution in [-0.4, -0.2) is 45.6 Å². The van der Waals surface area contributed by atoms with Gasteiger partial charge in [0.25, 0.3) is 0 Å². The number of hydrogen-bond donors (Lipinski definition) is 1. The summed E-state index contributed by atoms with van der Waals surface area (Å²) in [5, 5.41) is 9.16. The molecule has 0 aromatic heterocycles. The molecule has 1 atom stereocenters. The molecule has 2 rings (SSSR count). The Morgan fingerprint density at radius 1 is 1.62 bits per heavy atom. The highest BCUT2D eigenvalue weighted by Crippen LogP contribution is 2.36. The second-order valence-corrected chi connectivity index (χ2v) is 5.14. The summed E-state index contributed by atoms with van der Waals surface area (Å²) in [6.07, 6.45) is 1.84. The molecule has 2 heterocycles. The van der Waals surface area contributed by atoms with Gasteiger partial charge >= 0.3 is 5.97 Å². The molecule has 0 saturated carbocycles. The number of carboxylic acids is 1. The van der Waals surface area contributed by atoms with E-state index < -0.39 is 11.5 Å².